The van der Waals surface area contributed by atoms with Gasteiger partial charge in [-0.05, 0) is 73.0 Å². The summed E-state index contributed by atoms with van der Waals surface area (Å²) in [5.74, 6) is 0.716. The van der Waals surface area contributed by atoms with Gasteiger partial charge in [-0.1, -0.05) is 43.7 Å². The van der Waals surface area contributed by atoms with E-state index in [9.17, 15) is 4.79 Å². The van der Waals surface area contributed by atoms with Gasteiger partial charge >= 0.3 is 6.03 Å². The first-order valence-electron chi connectivity index (χ1n) is 11.8. The number of nitrogens with zero attached hydrogens (tertiary/aromatic N) is 2. The lowest BCUT2D eigenvalue weighted by Crippen LogP contribution is -2.32. The van der Waals surface area contributed by atoms with Crippen LogP contribution in [0.1, 0.15) is 60.2 Å². The molecule has 0 fully saturated rings. The first kappa shape index (κ1) is 20.8. The van der Waals surface area contributed by atoms with Gasteiger partial charge in [0.15, 0.2) is 0 Å². The minimum Gasteiger partial charge on any atom is -0.331 e. The topological polar surface area (TPSA) is 71.0 Å². The molecule has 0 saturated heterocycles. The predicted octanol–water partition coefficient (Wildman–Crippen LogP) is 4.67. The Bertz CT molecular complexity index is 1120. The molecule has 1 aromatic heterocycles. The molecular weight excluding hydrogens is 398 g/mol. The van der Waals surface area contributed by atoms with Crippen LogP contribution in [0.2, 0.25) is 0 Å². The molecule has 1 aliphatic carbocycles. The largest absolute Gasteiger partial charge is 0.331 e. The van der Waals surface area contributed by atoms with Crippen molar-refractivity contribution in [2.75, 3.05) is 11.9 Å². The normalized spacial score (nSPS) is 17.0. The van der Waals surface area contributed by atoms with Gasteiger partial charge in [0.05, 0.1) is 17.4 Å². The van der Waals surface area contributed by atoms with Crippen molar-refractivity contribution < 1.29 is 4.79 Å². The third-order valence-corrected chi connectivity index (χ3v) is 6.55. The molecule has 1 unspecified atom stereocenters. The fourth-order valence-electron chi connectivity index (χ4n) is 4.81. The van der Waals surface area contributed by atoms with Gasteiger partial charge in [-0.25, -0.2) is 9.48 Å². The molecule has 6 nitrogen and oxygen atoms in total. The molecule has 1 aliphatic heterocycles. The minimum absolute atomic E-state index is 0.0541. The van der Waals surface area contributed by atoms with Crippen LogP contribution in [0.3, 0.4) is 0 Å². The molecule has 2 amide bonds. The zero-order chi connectivity index (χ0) is 21.9. The predicted molar refractivity (Wildman–Crippen MR) is 127 cm³/mol. The van der Waals surface area contributed by atoms with Gasteiger partial charge in [-0.2, -0.15) is 5.10 Å². The van der Waals surface area contributed by atoms with E-state index in [1.807, 2.05) is 16.8 Å². The number of aryl methyl sites for hydroxylation is 2. The van der Waals surface area contributed by atoms with E-state index in [1.165, 1.54) is 22.3 Å². The highest BCUT2D eigenvalue weighted by molar-refractivity contribution is 5.89. The van der Waals surface area contributed by atoms with Crippen LogP contribution in [0.5, 0.6) is 0 Å². The van der Waals surface area contributed by atoms with Crippen molar-refractivity contribution >= 4 is 11.8 Å². The Morgan fingerprint density at radius 2 is 2.03 bits per heavy atom. The number of amides is 2. The lowest BCUT2D eigenvalue weighted by molar-refractivity contribution is 0.248. The van der Waals surface area contributed by atoms with E-state index in [-0.39, 0.29) is 12.1 Å². The average molecular weight is 430 g/mol. The maximum absolute atomic E-state index is 12.9. The van der Waals surface area contributed by atoms with Crippen LogP contribution in [-0.2, 0) is 25.8 Å². The highest BCUT2D eigenvalue weighted by atomic mass is 16.2. The number of aromatic nitrogens is 2. The first-order valence-corrected chi connectivity index (χ1v) is 11.8. The fraction of sp³-hybridized carbons (Fsp3) is 0.385. The highest BCUT2D eigenvalue weighted by Gasteiger charge is 2.24. The summed E-state index contributed by atoms with van der Waals surface area (Å²) in [4.78, 5) is 12.9. The molecule has 5 rings (SSSR count). The standard InChI is InChI=1S/C26H31N5O/c1-2-3-7-21-16-25(29-26(32)28-24-12-10-18-6-4-5-8-23(18)24)31(30-21)22-11-9-20-17-27-14-13-19(20)15-22/h4-6,8-9,11,15-16,24,27H,2-3,7,10,12-14,17H2,1H3,(H2,28,29,32). The van der Waals surface area contributed by atoms with Crippen molar-refractivity contribution in [1.29, 1.82) is 0 Å². The van der Waals surface area contributed by atoms with Gasteiger partial charge in [0, 0.05) is 12.6 Å². The second kappa shape index (κ2) is 9.17. The van der Waals surface area contributed by atoms with E-state index in [1.54, 1.807) is 0 Å². The van der Waals surface area contributed by atoms with Crippen molar-refractivity contribution in [3.05, 3.63) is 76.5 Å². The van der Waals surface area contributed by atoms with E-state index in [0.29, 0.717) is 5.82 Å². The van der Waals surface area contributed by atoms with Gasteiger partial charge in [0.2, 0.25) is 0 Å². The second-order valence-electron chi connectivity index (χ2n) is 8.80. The summed E-state index contributed by atoms with van der Waals surface area (Å²) in [6.07, 6.45) is 6.05. The van der Waals surface area contributed by atoms with Crippen LogP contribution in [0.15, 0.2) is 48.5 Å². The summed E-state index contributed by atoms with van der Waals surface area (Å²) < 4.78 is 1.88. The summed E-state index contributed by atoms with van der Waals surface area (Å²) >= 11 is 0. The SMILES string of the molecule is CCCCc1cc(NC(=O)NC2CCc3ccccc32)n(-c2ccc3c(c2)CCNC3)n1. The molecule has 3 N–H and O–H groups in total. The fourth-order valence-corrected chi connectivity index (χ4v) is 4.81. The third-order valence-electron chi connectivity index (χ3n) is 6.55. The maximum atomic E-state index is 12.9. The molecule has 6 heteroatoms. The van der Waals surface area contributed by atoms with Gasteiger partial charge < -0.3 is 10.6 Å². The van der Waals surface area contributed by atoms with Crippen molar-refractivity contribution in [2.45, 2.75) is 58.0 Å². The van der Waals surface area contributed by atoms with E-state index in [2.05, 4.69) is 59.3 Å². The summed E-state index contributed by atoms with van der Waals surface area (Å²) in [5.41, 5.74) is 7.24. The summed E-state index contributed by atoms with van der Waals surface area (Å²) in [6.45, 7) is 4.08. The van der Waals surface area contributed by atoms with Gasteiger partial charge in [-0.15, -0.1) is 0 Å². The molecular formula is C26H31N5O. The average Bonchev–Trinajstić information content (AvgIpc) is 3.41. The Balaban J connectivity index is 1.38. The lowest BCUT2D eigenvalue weighted by Gasteiger charge is -2.19. The van der Waals surface area contributed by atoms with E-state index in [0.717, 1.165) is 63.0 Å². The number of anilines is 1. The zero-order valence-electron chi connectivity index (χ0n) is 18.7. The molecule has 32 heavy (non-hydrogen) atoms. The van der Waals surface area contributed by atoms with Crippen LogP contribution in [-0.4, -0.2) is 22.4 Å². The monoisotopic (exact) mass is 429 g/mol. The number of hydrogen-bond donors (Lipinski definition) is 3. The molecule has 1 atom stereocenters. The Hall–Kier alpha value is -3.12. The van der Waals surface area contributed by atoms with Gasteiger partial charge in [0.25, 0.3) is 0 Å². The molecule has 0 radical (unpaired) electrons. The third kappa shape index (κ3) is 4.28. The van der Waals surface area contributed by atoms with Crippen LogP contribution in [0, 0.1) is 0 Å². The van der Waals surface area contributed by atoms with E-state index < -0.39 is 0 Å². The Morgan fingerprint density at radius 1 is 1.12 bits per heavy atom. The Labute approximate surface area is 189 Å². The number of unbranched alkanes of at least 4 members (excludes halogenated alkanes) is 1. The molecule has 2 heterocycles. The Kier molecular flexibility index (Phi) is 5.95. The van der Waals surface area contributed by atoms with Gasteiger partial charge in [0.1, 0.15) is 5.82 Å². The van der Waals surface area contributed by atoms with Crippen molar-refractivity contribution in [3.8, 4) is 5.69 Å². The number of hydrogen-bond acceptors (Lipinski definition) is 3. The summed E-state index contributed by atoms with van der Waals surface area (Å²) in [5, 5.41) is 14.5. The molecule has 0 spiro atoms. The number of carbonyl (C=O) groups excluding carboxylic acids is 1. The molecule has 2 aromatic carbocycles. The van der Waals surface area contributed by atoms with Crippen LogP contribution in [0.4, 0.5) is 10.6 Å². The van der Waals surface area contributed by atoms with Gasteiger partial charge in [-0.3, -0.25) is 5.32 Å². The minimum atomic E-state index is -0.183. The first-order chi connectivity index (χ1) is 15.7. The molecule has 166 valence electrons. The van der Waals surface area contributed by atoms with E-state index >= 15 is 0 Å². The van der Waals surface area contributed by atoms with Crippen molar-refractivity contribution in [1.82, 2.24) is 20.4 Å². The maximum Gasteiger partial charge on any atom is 0.320 e. The summed E-state index contributed by atoms with van der Waals surface area (Å²) in [7, 11) is 0. The van der Waals surface area contributed by atoms with Crippen molar-refractivity contribution in [2.24, 2.45) is 0 Å². The molecule has 0 bridgehead atoms. The highest BCUT2D eigenvalue weighted by Crippen LogP contribution is 2.31. The number of rotatable bonds is 6. The molecule has 3 aromatic rings. The van der Waals surface area contributed by atoms with Crippen LogP contribution >= 0.6 is 0 Å². The lowest BCUT2D eigenvalue weighted by atomic mass is 10.0. The Morgan fingerprint density at radius 3 is 2.94 bits per heavy atom. The second-order valence-corrected chi connectivity index (χ2v) is 8.80. The number of nitrogens with one attached hydrogen (secondary N) is 3. The smallest absolute Gasteiger partial charge is 0.320 e. The number of carbonyl (C=O) groups is 1. The number of benzene rings is 2. The number of urea groups is 1. The molecule has 2 aliphatic rings. The summed E-state index contributed by atoms with van der Waals surface area (Å²) in [6, 6.07) is 16.7. The quantitative estimate of drug-likeness (QED) is 0.533. The van der Waals surface area contributed by atoms with Crippen LogP contribution in [0.25, 0.3) is 5.69 Å². The number of fused-ring (bicyclic) bond motifs is 2. The van der Waals surface area contributed by atoms with Crippen LogP contribution < -0.4 is 16.0 Å². The molecule has 0 saturated carbocycles. The van der Waals surface area contributed by atoms with E-state index in [4.69, 9.17) is 5.10 Å². The van der Waals surface area contributed by atoms with Crippen molar-refractivity contribution in [3.63, 3.8) is 0 Å². The zero-order valence-corrected chi connectivity index (χ0v) is 18.7.